The lowest BCUT2D eigenvalue weighted by molar-refractivity contribution is -0.141. The molecule has 5 aromatic rings. The number of alkyl halides is 3. The van der Waals surface area contributed by atoms with Crippen molar-refractivity contribution in [3.63, 3.8) is 0 Å². The highest BCUT2D eigenvalue weighted by Gasteiger charge is 2.39. The summed E-state index contributed by atoms with van der Waals surface area (Å²) in [5.41, 5.74) is 4.04. The molecule has 7 rings (SSSR count). The Labute approximate surface area is 275 Å². The third-order valence-electron chi connectivity index (χ3n) is 9.30. The van der Waals surface area contributed by atoms with E-state index in [4.69, 9.17) is 14.5 Å². The Morgan fingerprint density at radius 1 is 0.979 bits per heavy atom. The molecule has 13 heteroatoms. The molecule has 3 aromatic heterocycles. The van der Waals surface area contributed by atoms with Gasteiger partial charge in [0, 0.05) is 87.2 Å². The van der Waals surface area contributed by atoms with Crippen molar-refractivity contribution in [1.82, 2.24) is 24.3 Å². The van der Waals surface area contributed by atoms with E-state index in [0.717, 1.165) is 48.2 Å². The smallest absolute Gasteiger partial charge is 0.435 e. The Bertz CT molecular complexity index is 2000. The lowest BCUT2D eigenvalue weighted by Gasteiger charge is -2.34. The number of methoxy groups -OCH3 is 2. The van der Waals surface area contributed by atoms with Crippen molar-refractivity contribution in [2.75, 3.05) is 43.7 Å². The van der Waals surface area contributed by atoms with Crippen LogP contribution in [0.25, 0.3) is 22.0 Å². The molecule has 0 radical (unpaired) electrons. The zero-order chi connectivity index (χ0) is 33.7. The third-order valence-corrected chi connectivity index (χ3v) is 9.30. The molecule has 2 aliphatic heterocycles. The summed E-state index contributed by atoms with van der Waals surface area (Å²) in [6, 6.07) is 9.31. The van der Waals surface area contributed by atoms with Crippen molar-refractivity contribution in [2.24, 2.45) is 7.05 Å². The topological polar surface area (TPSA) is 90.5 Å². The van der Waals surface area contributed by atoms with Crippen LogP contribution in [0.2, 0.25) is 0 Å². The maximum atomic E-state index is 14.6. The SMILES string of the molecule is COc1cc(N2CCC(OC)CC2)c2nc(C)cc(N3CCc4c(cc(Cn5ccnc5)cc4-c4cn(C)nc4C(F)(F)F)C3=O)c2c1. The Balaban J connectivity index is 1.36. The van der Waals surface area contributed by atoms with Crippen molar-refractivity contribution in [1.29, 1.82) is 0 Å². The number of aromatic nitrogens is 5. The Morgan fingerprint density at radius 3 is 2.44 bits per heavy atom. The highest BCUT2D eigenvalue weighted by molar-refractivity contribution is 6.14. The van der Waals surface area contributed by atoms with Crippen LogP contribution >= 0.6 is 0 Å². The number of fused-ring (bicyclic) bond motifs is 2. The number of pyridine rings is 1. The number of ether oxygens (including phenoxy) is 2. The van der Waals surface area contributed by atoms with Gasteiger partial charge in [-0.15, -0.1) is 0 Å². The van der Waals surface area contributed by atoms with Gasteiger partial charge in [0.25, 0.3) is 5.91 Å². The summed E-state index contributed by atoms with van der Waals surface area (Å²) < 4.78 is 56.9. The van der Waals surface area contributed by atoms with E-state index in [0.29, 0.717) is 46.7 Å². The van der Waals surface area contributed by atoms with Gasteiger partial charge in [-0.1, -0.05) is 0 Å². The lowest BCUT2D eigenvalue weighted by Crippen LogP contribution is -2.38. The van der Waals surface area contributed by atoms with Crippen LogP contribution in [0, 0.1) is 6.92 Å². The van der Waals surface area contributed by atoms with Crippen LogP contribution in [-0.2, 0) is 30.9 Å². The minimum Gasteiger partial charge on any atom is -0.497 e. The van der Waals surface area contributed by atoms with Gasteiger partial charge in [-0.3, -0.25) is 14.5 Å². The minimum absolute atomic E-state index is 0.0493. The molecule has 0 aliphatic carbocycles. The molecule has 5 heterocycles. The van der Waals surface area contributed by atoms with Crippen LogP contribution in [0.4, 0.5) is 24.5 Å². The van der Waals surface area contributed by atoms with Crippen molar-refractivity contribution in [3.8, 4) is 16.9 Å². The number of halogens is 3. The second kappa shape index (κ2) is 12.3. The second-order valence-electron chi connectivity index (χ2n) is 12.4. The Morgan fingerprint density at radius 2 is 1.75 bits per heavy atom. The number of hydrogen-bond donors (Lipinski definition) is 0. The zero-order valence-electron chi connectivity index (χ0n) is 27.2. The monoisotopic (exact) mass is 659 g/mol. The van der Waals surface area contributed by atoms with Crippen molar-refractivity contribution < 1.29 is 27.4 Å². The fourth-order valence-corrected chi connectivity index (χ4v) is 7.01. The largest absolute Gasteiger partial charge is 0.497 e. The maximum Gasteiger partial charge on any atom is 0.435 e. The summed E-state index contributed by atoms with van der Waals surface area (Å²) >= 11 is 0. The molecule has 2 aromatic carbocycles. The second-order valence-corrected chi connectivity index (χ2v) is 12.4. The average Bonchev–Trinajstić information content (AvgIpc) is 3.74. The van der Waals surface area contributed by atoms with Crippen molar-refractivity contribution in [3.05, 3.63) is 83.3 Å². The number of nitrogens with zero attached hydrogens (tertiary/aromatic N) is 7. The van der Waals surface area contributed by atoms with E-state index in [1.54, 1.807) is 50.0 Å². The van der Waals surface area contributed by atoms with E-state index in [2.05, 4.69) is 15.0 Å². The van der Waals surface area contributed by atoms with Gasteiger partial charge >= 0.3 is 6.18 Å². The summed E-state index contributed by atoms with van der Waals surface area (Å²) in [7, 11) is 4.82. The van der Waals surface area contributed by atoms with E-state index < -0.39 is 11.9 Å². The molecule has 0 unspecified atom stereocenters. The first-order valence-electron chi connectivity index (χ1n) is 15.9. The molecule has 0 atom stereocenters. The molecule has 0 N–H and O–H groups in total. The summed E-state index contributed by atoms with van der Waals surface area (Å²) in [6.45, 7) is 4.08. The van der Waals surface area contributed by atoms with Gasteiger partial charge in [0.05, 0.1) is 36.4 Å². The fraction of sp³-hybridized carbons (Fsp3) is 0.371. The van der Waals surface area contributed by atoms with Crippen LogP contribution in [0.1, 0.15) is 45.7 Å². The van der Waals surface area contributed by atoms with Gasteiger partial charge in [-0.25, -0.2) is 4.98 Å². The number of aryl methyl sites for hydroxylation is 2. The van der Waals surface area contributed by atoms with Crippen molar-refractivity contribution >= 4 is 28.2 Å². The first-order chi connectivity index (χ1) is 23.0. The molecule has 1 amide bonds. The van der Waals surface area contributed by atoms with Crippen LogP contribution in [0.5, 0.6) is 5.75 Å². The van der Waals surface area contributed by atoms with E-state index in [9.17, 15) is 18.0 Å². The van der Waals surface area contributed by atoms with Gasteiger partial charge in [0.1, 0.15) is 5.75 Å². The third kappa shape index (κ3) is 5.76. The molecule has 0 spiro atoms. The number of anilines is 2. The standard InChI is InChI=1S/C35H36F3N7O3/c1-21-13-30(28-16-24(48-4)17-31(32(28)40-21)44-9-5-23(47-3)6-10-44)45-11-7-25-26(29-19-42(2)41-33(29)35(36,37)38)14-22(15-27(25)34(45)46)18-43-12-8-39-20-43/h8,12-17,19-20,23H,5-7,9-11,18H2,1-4H3. The molecule has 1 fully saturated rings. The molecule has 1 saturated heterocycles. The van der Waals surface area contributed by atoms with Gasteiger partial charge in [0.2, 0.25) is 0 Å². The average molecular weight is 660 g/mol. The van der Waals surface area contributed by atoms with E-state index in [-0.39, 0.29) is 24.1 Å². The van der Waals surface area contributed by atoms with Gasteiger partial charge in [0.15, 0.2) is 5.69 Å². The van der Waals surface area contributed by atoms with Gasteiger partial charge in [-0.2, -0.15) is 18.3 Å². The Kier molecular flexibility index (Phi) is 8.10. The predicted molar refractivity (Wildman–Crippen MR) is 176 cm³/mol. The summed E-state index contributed by atoms with van der Waals surface area (Å²) in [5.74, 6) is 0.351. The number of imidazole rings is 1. The molecule has 48 heavy (non-hydrogen) atoms. The first kappa shape index (κ1) is 31.7. The zero-order valence-corrected chi connectivity index (χ0v) is 27.2. The quantitative estimate of drug-likeness (QED) is 0.211. The highest BCUT2D eigenvalue weighted by Crippen LogP contribution is 2.43. The predicted octanol–water partition coefficient (Wildman–Crippen LogP) is 6.03. The number of rotatable bonds is 7. The molecular formula is C35H36F3N7O3. The molecule has 0 bridgehead atoms. The van der Waals surface area contributed by atoms with Crippen LogP contribution in [0.3, 0.4) is 0 Å². The highest BCUT2D eigenvalue weighted by atomic mass is 19.4. The maximum absolute atomic E-state index is 14.6. The number of piperidine rings is 1. The Hall–Kier alpha value is -4.91. The molecule has 2 aliphatic rings. The number of benzene rings is 2. The molecule has 10 nitrogen and oxygen atoms in total. The summed E-state index contributed by atoms with van der Waals surface area (Å²) in [5, 5.41) is 4.53. The minimum atomic E-state index is -4.67. The van der Waals surface area contributed by atoms with Crippen LogP contribution in [0.15, 0.2) is 55.2 Å². The molecule has 0 saturated carbocycles. The molecule has 250 valence electrons. The first-order valence-corrected chi connectivity index (χ1v) is 15.9. The number of carbonyl (C=O) groups is 1. The van der Waals surface area contributed by atoms with E-state index >= 15 is 0 Å². The normalized spacial score (nSPS) is 15.8. The number of amides is 1. The lowest BCUT2D eigenvalue weighted by atomic mass is 9.87. The number of carbonyl (C=O) groups excluding carboxylic acids is 1. The van der Waals surface area contributed by atoms with Crippen LogP contribution < -0.4 is 14.5 Å². The fourth-order valence-electron chi connectivity index (χ4n) is 7.01. The molecular weight excluding hydrogens is 623 g/mol. The van der Waals surface area contributed by atoms with Gasteiger partial charge in [-0.05, 0) is 67.1 Å². The number of hydrogen-bond acceptors (Lipinski definition) is 7. The van der Waals surface area contributed by atoms with Crippen molar-refractivity contribution in [2.45, 2.75) is 45.0 Å². The summed E-state index contributed by atoms with van der Waals surface area (Å²) in [6.07, 6.45) is 4.05. The van der Waals surface area contributed by atoms with Gasteiger partial charge < -0.3 is 23.8 Å². The summed E-state index contributed by atoms with van der Waals surface area (Å²) in [4.78, 5) is 27.6. The van der Waals surface area contributed by atoms with E-state index in [1.807, 2.05) is 29.7 Å². The van der Waals surface area contributed by atoms with Crippen LogP contribution in [-0.4, -0.2) is 70.2 Å². The van der Waals surface area contributed by atoms with E-state index in [1.165, 1.54) is 17.9 Å².